The molecule has 0 fully saturated rings. The fraction of sp³-hybridized carbons (Fsp3) is 0. The molecule has 7 heteroatoms. The van der Waals surface area contributed by atoms with E-state index in [4.69, 9.17) is 5.11 Å². The van der Waals surface area contributed by atoms with E-state index in [1.54, 1.807) is 0 Å². The zero-order valence-corrected chi connectivity index (χ0v) is 6.59. The lowest BCUT2D eigenvalue weighted by Crippen LogP contribution is -2.22. The predicted molar refractivity (Wildman–Crippen MR) is 40.8 cm³/mol. The largest absolute Gasteiger partial charge is 0.478 e. The normalized spacial score (nSPS) is 16.0. The highest BCUT2D eigenvalue weighted by Crippen LogP contribution is 2.12. The SMILES string of the molecule is O=C(O)C1=CC(=O)C([N+](=O)[O-])=CC1=O. The van der Waals surface area contributed by atoms with Crippen LogP contribution in [0.15, 0.2) is 23.4 Å². The van der Waals surface area contributed by atoms with E-state index in [0.29, 0.717) is 12.2 Å². The fourth-order valence-corrected chi connectivity index (χ4v) is 0.859. The molecule has 0 bridgehead atoms. The van der Waals surface area contributed by atoms with E-state index in [0.717, 1.165) is 0 Å². The monoisotopic (exact) mass is 197 g/mol. The zero-order chi connectivity index (χ0) is 10.9. The maximum absolute atomic E-state index is 10.9. The lowest BCUT2D eigenvalue weighted by molar-refractivity contribution is -0.418. The third-order valence-electron chi connectivity index (χ3n) is 1.49. The van der Waals surface area contributed by atoms with Crippen LogP contribution in [0.1, 0.15) is 0 Å². The van der Waals surface area contributed by atoms with Crippen molar-refractivity contribution in [2.45, 2.75) is 0 Å². The third-order valence-corrected chi connectivity index (χ3v) is 1.49. The molecule has 1 N–H and O–H groups in total. The molecule has 14 heavy (non-hydrogen) atoms. The van der Waals surface area contributed by atoms with Gasteiger partial charge >= 0.3 is 11.7 Å². The van der Waals surface area contributed by atoms with Crippen molar-refractivity contribution in [2.24, 2.45) is 0 Å². The van der Waals surface area contributed by atoms with Gasteiger partial charge in [-0.3, -0.25) is 19.7 Å². The molecule has 0 aromatic carbocycles. The minimum Gasteiger partial charge on any atom is -0.478 e. The van der Waals surface area contributed by atoms with E-state index in [2.05, 4.69) is 0 Å². The molecule has 7 nitrogen and oxygen atoms in total. The summed E-state index contributed by atoms with van der Waals surface area (Å²) in [6.45, 7) is 0. The van der Waals surface area contributed by atoms with Gasteiger partial charge in [-0.1, -0.05) is 0 Å². The van der Waals surface area contributed by atoms with Gasteiger partial charge in [0.1, 0.15) is 5.57 Å². The minimum atomic E-state index is -1.58. The molecule has 0 saturated heterocycles. The Labute approximate surface area is 76.5 Å². The molecule has 0 saturated carbocycles. The van der Waals surface area contributed by atoms with Crippen LogP contribution in [0.3, 0.4) is 0 Å². The molecule has 72 valence electrons. The quantitative estimate of drug-likeness (QED) is 0.271. The standard InChI is InChI=1S/C7H3NO6/c9-5-2-4(8(13)14)6(10)1-3(5)7(11)12/h1-2H,(H,11,12). The van der Waals surface area contributed by atoms with Crippen molar-refractivity contribution in [1.82, 2.24) is 0 Å². The summed E-state index contributed by atoms with van der Waals surface area (Å²) in [6, 6.07) is 0. The number of ketones is 2. The van der Waals surface area contributed by atoms with Gasteiger partial charge in [-0.25, -0.2) is 4.79 Å². The number of carboxylic acid groups (broad SMARTS) is 1. The number of carbonyl (C=O) groups excluding carboxylic acids is 2. The van der Waals surface area contributed by atoms with Gasteiger partial charge in [-0.2, -0.15) is 0 Å². The van der Waals surface area contributed by atoms with Crippen molar-refractivity contribution in [3.05, 3.63) is 33.5 Å². The molecule has 1 rings (SSSR count). The smallest absolute Gasteiger partial charge is 0.339 e. The number of hydrogen-bond donors (Lipinski definition) is 1. The summed E-state index contributed by atoms with van der Waals surface area (Å²) in [4.78, 5) is 41.3. The lowest BCUT2D eigenvalue weighted by Gasteiger charge is -2.02. The molecular weight excluding hydrogens is 194 g/mol. The Balaban J connectivity index is 3.14. The predicted octanol–water partition coefficient (Wildman–Crippen LogP) is -0.690. The van der Waals surface area contributed by atoms with Crippen LogP contribution < -0.4 is 0 Å². The van der Waals surface area contributed by atoms with Gasteiger partial charge in [0.15, 0.2) is 5.78 Å². The molecule has 0 aliphatic heterocycles. The fourth-order valence-electron chi connectivity index (χ4n) is 0.859. The van der Waals surface area contributed by atoms with Crippen molar-refractivity contribution >= 4 is 17.5 Å². The molecule has 0 heterocycles. The van der Waals surface area contributed by atoms with Gasteiger partial charge in [0.05, 0.1) is 11.0 Å². The van der Waals surface area contributed by atoms with E-state index in [-0.39, 0.29) is 0 Å². The van der Waals surface area contributed by atoms with E-state index in [1.807, 2.05) is 0 Å². The molecule has 0 amide bonds. The second-order valence-electron chi connectivity index (χ2n) is 2.38. The first-order valence-corrected chi connectivity index (χ1v) is 3.33. The summed E-state index contributed by atoms with van der Waals surface area (Å²) < 4.78 is 0. The van der Waals surface area contributed by atoms with Crippen LogP contribution in [0.5, 0.6) is 0 Å². The molecule has 0 aromatic rings. The number of carboxylic acids is 1. The number of hydrogen-bond acceptors (Lipinski definition) is 5. The highest BCUT2D eigenvalue weighted by atomic mass is 16.6. The minimum absolute atomic E-state index is 0.409. The van der Waals surface area contributed by atoms with Crippen LogP contribution in [0.4, 0.5) is 0 Å². The van der Waals surface area contributed by atoms with E-state index < -0.39 is 33.7 Å². The van der Waals surface area contributed by atoms with Gasteiger partial charge in [-0.15, -0.1) is 0 Å². The first-order chi connectivity index (χ1) is 6.43. The second kappa shape index (κ2) is 3.21. The maximum Gasteiger partial charge on any atom is 0.339 e. The molecule has 0 atom stereocenters. The Hall–Kier alpha value is -2.31. The van der Waals surface area contributed by atoms with Crippen molar-refractivity contribution in [3.63, 3.8) is 0 Å². The van der Waals surface area contributed by atoms with Crippen molar-refractivity contribution in [2.75, 3.05) is 0 Å². The first-order valence-electron chi connectivity index (χ1n) is 3.33. The van der Waals surface area contributed by atoms with Crippen LogP contribution in [0, 0.1) is 10.1 Å². The Kier molecular flexibility index (Phi) is 2.24. The molecular formula is C7H3NO6. The highest BCUT2D eigenvalue weighted by Gasteiger charge is 2.31. The van der Waals surface area contributed by atoms with Crippen LogP contribution in [-0.4, -0.2) is 27.6 Å². The maximum atomic E-state index is 10.9. The summed E-state index contributed by atoms with van der Waals surface area (Å²) in [5.74, 6) is -3.72. The van der Waals surface area contributed by atoms with Gasteiger partial charge in [0.25, 0.3) is 5.78 Å². The lowest BCUT2D eigenvalue weighted by atomic mass is 10.0. The van der Waals surface area contributed by atoms with Crippen LogP contribution in [0.25, 0.3) is 0 Å². The summed E-state index contributed by atoms with van der Waals surface area (Å²) >= 11 is 0. The van der Waals surface area contributed by atoms with Gasteiger partial charge in [0, 0.05) is 6.08 Å². The van der Waals surface area contributed by atoms with Gasteiger partial charge in [0.2, 0.25) is 0 Å². The van der Waals surface area contributed by atoms with Gasteiger partial charge in [-0.05, 0) is 0 Å². The van der Waals surface area contributed by atoms with Crippen molar-refractivity contribution < 1.29 is 24.4 Å². The average molecular weight is 197 g/mol. The third kappa shape index (κ3) is 1.56. The number of aliphatic carboxylic acids is 1. The summed E-state index contributed by atoms with van der Waals surface area (Å²) in [6.07, 6.45) is 0.856. The molecule has 0 aromatic heterocycles. The van der Waals surface area contributed by atoms with E-state index in [1.165, 1.54) is 0 Å². The number of carbonyl (C=O) groups is 3. The highest BCUT2D eigenvalue weighted by molar-refractivity contribution is 6.29. The Morgan fingerprint density at radius 3 is 2.29 bits per heavy atom. The summed E-state index contributed by atoms with van der Waals surface area (Å²) in [5.41, 5.74) is -1.68. The van der Waals surface area contributed by atoms with Gasteiger partial charge < -0.3 is 5.11 Å². The number of rotatable bonds is 2. The molecule has 0 radical (unpaired) electrons. The van der Waals surface area contributed by atoms with Crippen LogP contribution in [0.2, 0.25) is 0 Å². The molecule has 0 unspecified atom stereocenters. The van der Waals surface area contributed by atoms with Crippen molar-refractivity contribution in [1.29, 1.82) is 0 Å². The average Bonchev–Trinajstić information content (AvgIpc) is 2.07. The zero-order valence-electron chi connectivity index (χ0n) is 6.59. The molecule has 0 spiro atoms. The van der Waals surface area contributed by atoms with Crippen LogP contribution >= 0.6 is 0 Å². The Bertz CT molecular complexity index is 376. The van der Waals surface area contributed by atoms with E-state index >= 15 is 0 Å². The van der Waals surface area contributed by atoms with Crippen molar-refractivity contribution in [3.8, 4) is 0 Å². The number of allylic oxidation sites excluding steroid dienone is 2. The topological polar surface area (TPSA) is 115 Å². The number of nitro groups is 1. The first kappa shape index (κ1) is 9.78. The summed E-state index contributed by atoms with van der Waals surface area (Å²) in [5, 5.41) is 18.6. The Morgan fingerprint density at radius 2 is 1.86 bits per heavy atom. The molecule has 1 aliphatic rings. The van der Waals surface area contributed by atoms with E-state index in [9.17, 15) is 24.5 Å². The summed E-state index contributed by atoms with van der Waals surface area (Å²) in [7, 11) is 0. The Morgan fingerprint density at radius 1 is 1.29 bits per heavy atom. The second-order valence-corrected chi connectivity index (χ2v) is 2.38. The number of nitrogens with zero attached hydrogens (tertiary/aromatic N) is 1. The van der Waals surface area contributed by atoms with Crippen LogP contribution in [-0.2, 0) is 14.4 Å². The molecule has 1 aliphatic carbocycles.